The third kappa shape index (κ3) is 1.50. The average molecular weight is 224 g/mol. The van der Waals surface area contributed by atoms with E-state index in [4.69, 9.17) is 11.5 Å². The lowest BCUT2D eigenvalue weighted by Crippen LogP contribution is -1.95. The van der Waals surface area contributed by atoms with Gasteiger partial charge < -0.3 is 16.0 Å². The molecule has 0 atom stereocenters. The number of fused-ring (bicyclic) bond motifs is 1. The summed E-state index contributed by atoms with van der Waals surface area (Å²) in [5.41, 5.74) is 14.4. The quantitative estimate of drug-likeness (QED) is 0.622. The molecule has 0 aliphatic heterocycles. The summed E-state index contributed by atoms with van der Waals surface area (Å²) in [5, 5.41) is 0.954. The van der Waals surface area contributed by atoms with Crippen molar-refractivity contribution in [1.29, 1.82) is 0 Å². The van der Waals surface area contributed by atoms with Crippen molar-refractivity contribution in [3.63, 3.8) is 0 Å². The minimum atomic E-state index is 0.546. The summed E-state index contributed by atoms with van der Waals surface area (Å²) in [6.45, 7) is 0. The predicted molar refractivity (Wildman–Crippen MR) is 69.9 cm³/mol. The topological polar surface area (TPSA) is 69.9 Å². The van der Waals surface area contributed by atoms with E-state index in [0.717, 1.165) is 22.3 Å². The summed E-state index contributed by atoms with van der Waals surface area (Å²) in [5.74, 6) is 0.546. The molecule has 0 aliphatic rings. The third-order valence-corrected chi connectivity index (χ3v) is 2.80. The Morgan fingerprint density at radius 2 is 1.94 bits per heavy atom. The highest BCUT2D eigenvalue weighted by atomic mass is 15.0. The van der Waals surface area contributed by atoms with Gasteiger partial charge in [-0.2, -0.15) is 0 Å². The van der Waals surface area contributed by atoms with Gasteiger partial charge in [0.1, 0.15) is 5.82 Å². The van der Waals surface area contributed by atoms with Crippen molar-refractivity contribution in [1.82, 2.24) is 9.55 Å². The largest absolute Gasteiger partial charge is 0.399 e. The van der Waals surface area contributed by atoms with Crippen molar-refractivity contribution < 1.29 is 0 Å². The SMILES string of the molecule is Nc1cccc(-n2ccc3c(N)nccc32)c1. The zero-order valence-corrected chi connectivity index (χ0v) is 9.17. The summed E-state index contributed by atoms with van der Waals surface area (Å²) in [7, 11) is 0. The van der Waals surface area contributed by atoms with Crippen LogP contribution in [0.1, 0.15) is 0 Å². The number of nitrogens with zero attached hydrogens (tertiary/aromatic N) is 2. The first-order valence-electron chi connectivity index (χ1n) is 5.33. The van der Waals surface area contributed by atoms with Crippen LogP contribution in [0.4, 0.5) is 11.5 Å². The highest BCUT2D eigenvalue weighted by Gasteiger charge is 2.05. The molecule has 0 fully saturated rings. The van der Waals surface area contributed by atoms with Crippen LogP contribution in [0.15, 0.2) is 48.8 Å². The molecule has 2 heterocycles. The van der Waals surface area contributed by atoms with E-state index in [2.05, 4.69) is 4.98 Å². The van der Waals surface area contributed by atoms with Crippen molar-refractivity contribution in [2.45, 2.75) is 0 Å². The molecule has 4 nitrogen and oxygen atoms in total. The van der Waals surface area contributed by atoms with Crippen LogP contribution in [0.3, 0.4) is 0 Å². The molecule has 0 spiro atoms. The van der Waals surface area contributed by atoms with Crippen LogP contribution in [0.2, 0.25) is 0 Å². The third-order valence-electron chi connectivity index (χ3n) is 2.80. The number of nitrogens with two attached hydrogens (primary N) is 2. The Balaban J connectivity index is 2.28. The Morgan fingerprint density at radius 3 is 2.76 bits per heavy atom. The summed E-state index contributed by atoms with van der Waals surface area (Å²) >= 11 is 0. The fraction of sp³-hybridized carbons (Fsp3) is 0. The molecule has 0 bridgehead atoms. The van der Waals surface area contributed by atoms with Gasteiger partial charge in [0.25, 0.3) is 0 Å². The van der Waals surface area contributed by atoms with E-state index in [1.807, 2.05) is 47.2 Å². The molecule has 3 rings (SSSR count). The van der Waals surface area contributed by atoms with E-state index in [-0.39, 0.29) is 0 Å². The van der Waals surface area contributed by atoms with Gasteiger partial charge in [0, 0.05) is 29.2 Å². The standard InChI is InChI=1S/C13H12N4/c14-9-2-1-3-10(8-9)17-7-5-11-12(17)4-6-16-13(11)15/h1-8H,14H2,(H2,15,16). The number of anilines is 2. The number of pyridine rings is 1. The summed E-state index contributed by atoms with van der Waals surface area (Å²) in [4.78, 5) is 4.07. The molecule has 3 aromatic rings. The summed E-state index contributed by atoms with van der Waals surface area (Å²) in [6, 6.07) is 11.6. The van der Waals surface area contributed by atoms with Gasteiger partial charge in [-0.3, -0.25) is 0 Å². The summed E-state index contributed by atoms with van der Waals surface area (Å²) < 4.78 is 2.05. The summed E-state index contributed by atoms with van der Waals surface area (Å²) in [6.07, 6.45) is 3.68. The minimum Gasteiger partial charge on any atom is -0.399 e. The molecule has 0 aliphatic carbocycles. The van der Waals surface area contributed by atoms with Crippen molar-refractivity contribution in [2.24, 2.45) is 0 Å². The smallest absolute Gasteiger partial charge is 0.132 e. The van der Waals surface area contributed by atoms with Crippen molar-refractivity contribution >= 4 is 22.4 Å². The number of nitrogen functional groups attached to an aromatic ring is 2. The zero-order chi connectivity index (χ0) is 11.8. The minimum absolute atomic E-state index is 0.546. The maximum atomic E-state index is 5.83. The molecule has 0 saturated heterocycles. The lowest BCUT2D eigenvalue weighted by molar-refractivity contribution is 1.13. The fourth-order valence-corrected chi connectivity index (χ4v) is 1.99. The molecule has 0 radical (unpaired) electrons. The maximum Gasteiger partial charge on any atom is 0.132 e. The molecular formula is C13H12N4. The van der Waals surface area contributed by atoms with E-state index < -0.39 is 0 Å². The Hall–Kier alpha value is -2.49. The van der Waals surface area contributed by atoms with Crippen molar-refractivity contribution in [3.05, 3.63) is 48.8 Å². The molecule has 2 aromatic heterocycles. The lowest BCUT2D eigenvalue weighted by Gasteiger charge is -2.06. The van der Waals surface area contributed by atoms with Gasteiger partial charge in [-0.15, -0.1) is 0 Å². The van der Waals surface area contributed by atoms with Gasteiger partial charge >= 0.3 is 0 Å². The number of benzene rings is 1. The Bertz CT molecular complexity index is 685. The fourth-order valence-electron chi connectivity index (χ4n) is 1.99. The van der Waals surface area contributed by atoms with Gasteiger partial charge in [0.2, 0.25) is 0 Å². The second kappa shape index (κ2) is 3.52. The molecule has 17 heavy (non-hydrogen) atoms. The first kappa shape index (κ1) is 9.72. The second-order valence-electron chi connectivity index (χ2n) is 3.91. The van der Waals surface area contributed by atoms with Gasteiger partial charge in [-0.05, 0) is 30.3 Å². The van der Waals surface area contributed by atoms with E-state index in [1.54, 1.807) is 6.20 Å². The molecule has 1 aromatic carbocycles. The zero-order valence-electron chi connectivity index (χ0n) is 9.17. The number of hydrogen-bond acceptors (Lipinski definition) is 3. The van der Waals surface area contributed by atoms with Crippen LogP contribution in [0.25, 0.3) is 16.6 Å². The number of hydrogen-bond donors (Lipinski definition) is 2. The van der Waals surface area contributed by atoms with E-state index in [1.165, 1.54) is 0 Å². The Labute approximate surface area is 98.5 Å². The average Bonchev–Trinajstić information content (AvgIpc) is 2.74. The first-order valence-corrected chi connectivity index (χ1v) is 5.33. The van der Waals surface area contributed by atoms with Gasteiger partial charge in [-0.25, -0.2) is 4.98 Å². The molecular weight excluding hydrogens is 212 g/mol. The lowest BCUT2D eigenvalue weighted by atomic mass is 10.2. The van der Waals surface area contributed by atoms with Crippen LogP contribution < -0.4 is 11.5 Å². The molecule has 0 saturated carbocycles. The second-order valence-corrected chi connectivity index (χ2v) is 3.91. The number of aromatic nitrogens is 2. The molecule has 4 N–H and O–H groups in total. The van der Waals surface area contributed by atoms with Gasteiger partial charge in [0.05, 0.1) is 5.52 Å². The number of rotatable bonds is 1. The van der Waals surface area contributed by atoms with Crippen molar-refractivity contribution in [3.8, 4) is 5.69 Å². The van der Waals surface area contributed by atoms with Crippen molar-refractivity contribution in [2.75, 3.05) is 11.5 Å². The maximum absolute atomic E-state index is 5.83. The monoisotopic (exact) mass is 224 g/mol. The van der Waals surface area contributed by atoms with E-state index in [9.17, 15) is 0 Å². The molecule has 84 valence electrons. The van der Waals surface area contributed by atoms with Gasteiger partial charge in [0.15, 0.2) is 0 Å². The van der Waals surface area contributed by atoms with Crippen LogP contribution in [0.5, 0.6) is 0 Å². The highest BCUT2D eigenvalue weighted by Crippen LogP contribution is 2.24. The van der Waals surface area contributed by atoms with E-state index >= 15 is 0 Å². The van der Waals surface area contributed by atoms with Crippen LogP contribution in [-0.2, 0) is 0 Å². The Kier molecular flexibility index (Phi) is 2.01. The highest BCUT2D eigenvalue weighted by molar-refractivity contribution is 5.90. The van der Waals surface area contributed by atoms with Crippen LogP contribution >= 0.6 is 0 Å². The van der Waals surface area contributed by atoms with E-state index in [0.29, 0.717) is 5.82 Å². The Morgan fingerprint density at radius 1 is 1.06 bits per heavy atom. The molecule has 0 amide bonds. The van der Waals surface area contributed by atoms with Crippen LogP contribution in [0, 0.1) is 0 Å². The molecule has 4 heteroatoms. The van der Waals surface area contributed by atoms with Crippen LogP contribution in [-0.4, -0.2) is 9.55 Å². The normalized spacial score (nSPS) is 10.8. The van der Waals surface area contributed by atoms with Gasteiger partial charge in [-0.1, -0.05) is 6.07 Å². The predicted octanol–water partition coefficient (Wildman–Crippen LogP) is 2.19. The first-order chi connectivity index (χ1) is 8.25. The molecule has 0 unspecified atom stereocenters.